The third-order valence-corrected chi connectivity index (χ3v) is 9.55. The summed E-state index contributed by atoms with van der Waals surface area (Å²) in [6.45, 7) is 8.81. The third kappa shape index (κ3) is 5.38. The van der Waals surface area contributed by atoms with E-state index < -0.39 is 24.1 Å². The van der Waals surface area contributed by atoms with Gasteiger partial charge in [0, 0.05) is 0 Å². The molecule has 174 valence electrons. The minimum absolute atomic E-state index is 0.273. The van der Waals surface area contributed by atoms with E-state index in [9.17, 15) is 8.42 Å². The number of benzene rings is 4. The lowest BCUT2D eigenvalue weighted by atomic mass is 9.97. The highest BCUT2D eigenvalue weighted by Gasteiger charge is 2.28. The highest BCUT2D eigenvalue weighted by atomic mass is 32.2. The number of sulfonamides is 1. The van der Waals surface area contributed by atoms with E-state index in [1.807, 2.05) is 61.5 Å². The van der Waals surface area contributed by atoms with Crippen LogP contribution in [0.2, 0.25) is 19.6 Å². The topological polar surface area (TPSA) is 46.2 Å². The Morgan fingerprint density at radius 2 is 1.24 bits per heavy atom. The van der Waals surface area contributed by atoms with Crippen LogP contribution in [0.5, 0.6) is 0 Å². The zero-order valence-corrected chi connectivity index (χ0v) is 21.9. The van der Waals surface area contributed by atoms with E-state index in [1.54, 1.807) is 12.1 Å². The molecule has 0 heterocycles. The minimum Gasteiger partial charge on any atom is -0.207 e. The molecular weight excluding hydrogens is 454 g/mol. The number of rotatable bonds is 7. The second kappa shape index (κ2) is 9.70. The van der Waals surface area contributed by atoms with Crippen molar-refractivity contribution < 1.29 is 8.42 Å². The summed E-state index contributed by atoms with van der Waals surface area (Å²) < 4.78 is 29.9. The lowest BCUT2D eigenvalue weighted by Gasteiger charge is -2.27. The van der Waals surface area contributed by atoms with E-state index in [2.05, 4.69) is 60.8 Å². The number of nitrogens with one attached hydrogen (secondary N) is 1. The van der Waals surface area contributed by atoms with E-state index in [1.165, 1.54) is 5.19 Å². The van der Waals surface area contributed by atoms with Gasteiger partial charge in [-0.15, -0.1) is 0 Å². The monoisotopic (exact) mass is 485 g/mol. The molecule has 0 aliphatic heterocycles. The Morgan fingerprint density at radius 3 is 1.85 bits per heavy atom. The number of hydrogen-bond donors (Lipinski definition) is 1. The van der Waals surface area contributed by atoms with Crippen molar-refractivity contribution in [3.8, 4) is 11.1 Å². The molecule has 0 aliphatic rings. The molecule has 0 amide bonds. The quantitative estimate of drug-likeness (QED) is 0.313. The smallest absolute Gasteiger partial charge is 0.207 e. The molecule has 0 saturated carbocycles. The van der Waals surface area contributed by atoms with Gasteiger partial charge < -0.3 is 0 Å². The molecule has 34 heavy (non-hydrogen) atoms. The predicted molar refractivity (Wildman–Crippen MR) is 145 cm³/mol. The van der Waals surface area contributed by atoms with Crippen LogP contribution in [0.1, 0.15) is 22.7 Å². The molecule has 3 nitrogen and oxygen atoms in total. The van der Waals surface area contributed by atoms with Gasteiger partial charge in [-0.3, -0.25) is 0 Å². The molecule has 4 aromatic rings. The van der Waals surface area contributed by atoms with Gasteiger partial charge in [0.1, 0.15) is 0 Å². The van der Waals surface area contributed by atoms with Crippen LogP contribution in [0.3, 0.4) is 0 Å². The van der Waals surface area contributed by atoms with Crippen LogP contribution in [0.15, 0.2) is 108 Å². The molecule has 1 N–H and O–H groups in total. The molecule has 0 aromatic heterocycles. The van der Waals surface area contributed by atoms with Gasteiger partial charge in [0.2, 0.25) is 10.0 Å². The summed E-state index contributed by atoms with van der Waals surface area (Å²) in [4.78, 5) is 0.273. The van der Waals surface area contributed by atoms with Crippen LogP contribution in [0.25, 0.3) is 11.1 Å². The Morgan fingerprint density at radius 1 is 0.676 bits per heavy atom. The van der Waals surface area contributed by atoms with Crippen LogP contribution in [0.4, 0.5) is 0 Å². The van der Waals surface area contributed by atoms with Gasteiger partial charge in [0.05, 0.1) is 19.0 Å². The van der Waals surface area contributed by atoms with E-state index in [0.29, 0.717) is 0 Å². The molecule has 0 fully saturated rings. The van der Waals surface area contributed by atoms with Crippen molar-refractivity contribution in [2.24, 2.45) is 0 Å². The molecule has 0 unspecified atom stereocenters. The Kier molecular flexibility index (Phi) is 6.89. The lowest BCUT2D eigenvalue weighted by molar-refractivity contribution is 0.572. The largest absolute Gasteiger partial charge is 0.241 e. The standard InChI is InChI=1S/C29H31NO2SSi/c1-22-14-20-26(21-15-22)33(31,32)30-29(27-12-8-9-13-28(27)34(2,3)4)25-18-16-24(17-19-25)23-10-6-5-7-11-23/h5-21,29-30H,1-4H3/t29-/m0/s1. The second-order valence-corrected chi connectivity index (χ2v) is 16.4. The maximum Gasteiger partial charge on any atom is 0.241 e. The van der Waals surface area contributed by atoms with Crippen LogP contribution in [-0.4, -0.2) is 16.5 Å². The van der Waals surface area contributed by atoms with Gasteiger partial charge in [-0.05, 0) is 41.3 Å². The van der Waals surface area contributed by atoms with E-state index in [0.717, 1.165) is 27.8 Å². The summed E-state index contributed by atoms with van der Waals surface area (Å²) in [6.07, 6.45) is 0. The number of hydrogen-bond acceptors (Lipinski definition) is 2. The minimum atomic E-state index is -3.73. The first-order valence-electron chi connectivity index (χ1n) is 11.5. The Hall–Kier alpha value is -2.99. The molecule has 0 saturated heterocycles. The van der Waals surface area contributed by atoms with Gasteiger partial charge in [0.25, 0.3) is 0 Å². The molecule has 0 radical (unpaired) electrons. The van der Waals surface area contributed by atoms with Crippen molar-refractivity contribution in [3.05, 3.63) is 120 Å². The van der Waals surface area contributed by atoms with E-state index >= 15 is 0 Å². The zero-order chi connectivity index (χ0) is 24.3. The fourth-order valence-corrected chi connectivity index (χ4v) is 7.08. The maximum absolute atomic E-state index is 13.5. The Bertz CT molecular complexity index is 1360. The highest BCUT2D eigenvalue weighted by Crippen LogP contribution is 2.28. The van der Waals surface area contributed by atoms with Crippen LogP contribution in [-0.2, 0) is 10.0 Å². The van der Waals surface area contributed by atoms with Crippen molar-refractivity contribution in [2.45, 2.75) is 37.5 Å². The summed E-state index contributed by atoms with van der Waals surface area (Å²) in [5.74, 6) is 0. The molecule has 4 aromatic carbocycles. The van der Waals surface area contributed by atoms with Gasteiger partial charge in [-0.1, -0.05) is 121 Å². The summed E-state index contributed by atoms with van der Waals surface area (Å²) in [5, 5.41) is 1.25. The molecule has 1 atom stereocenters. The van der Waals surface area contributed by atoms with Crippen LogP contribution >= 0.6 is 0 Å². The first-order chi connectivity index (χ1) is 16.1. The molecular formula is C29H31NO2SSi. The lowest BCUT2D eigenvalue weighted by Crippen LogP contribution is -2.43. The van der Waals surface area contributed by atoms with Crippen molar-refractivity contribution in [2.75, 3.05) is 0 Å². The van der Waals surface area contributed by atoms with Crippen molar-refractivity contribution >= 4 is 23.3 Å². The molecule has 0 aliphatic carbocycles. The second-order valence-electron chi connectivity index (χ2n) is 9.69. The third-order valence-electron chi connectivity index (χ3n) is 6.04. The van der Waals surface area contributed by atoms with E-state index in [-0.39, 0.29) is 4.90 Å². The van der Waals surface area contributed by atoms with Crippen molar-refractivity contribution in [1.29, 1.82) is 0 Å². The molecule has 0 spiro atoms. The van der Waals surface area contributed by atoms with Crippen LogP contribution in [0, 0.1) is 6.92 Å². The SMILES string of the molecule is Cc1ccc(S(=O)(=O)N[C@@H](c2ccc(-c3ccccc3)cc2)c2ccccc2[Si](C)(C)C)cc1. The summed E-state index contributed by atoms with van der Waals surface area (Å²) in [6, 6.07) is 33.1. The average molecular weight is 486 g/mol. The normalized spacial score (nSPS) is 12.9. The molecule has 4 rings (SSSR count). The summed E-state index contributed by atoms with van der Waals surface area (Å²) >= 11 is 0. The van der Waals surface area contributed by atoms with Gasteiger partial charge >= 0.3 is 0 Å². The predicted octanol–water partition coefficient (Wildman–Crippen LogP) is 6.28. The highest BCUT2D eigenvalue weighted by molar-refractivity contribution is 7.89. The van der Waals surface area contributed by atoms with Crippen molar-refractivity contribution in [3.63, 3.8) is 0 Å². The fourth-order valence-electron chi connectivity index (χ4n) is 4.18. The summed E-state index contributed by atoms with van der Waals surface area (Å²) in [7, 11) is -5.47. The first kappa shape index (κ1) is 24.1. The maximum atomic E-state index is 13.5. The molecule has 0 bridgehead atoms. The first-order valence-corrected chi connectivity index (χ1v) is 16.5. The Balaban J connectivity index is 1.80. The van der Waals surface area contributed by atoms with Gasteiger partial charge in [-0.25, -0.2) is 8.42 Å². The number of aryl methyl sites for hydroxylation is 1. The summed E-state index contributed by atoms with van der Waals surface area (Å²) in [5.41, 5.74) is 5.19. The molecule has 5 heteroatoms. The van der Waals surface area contributed by atoms with E-state index in [4.69, 9.17) is 0 Å². The van der Waals surface area contributed by atoms with Gasteiger partial charge in [-0.2, -0.15) is 4.72 Å². The average Bonchev–Trinajstić information content (AvgIpc) is 2.83. The van der Waals surface area contributed by atoms with Crippen molar-refractivity contribution in [1.82, 2.24) is 4.72 Å². The van der Waals surface area contributed by atoms with Gasteiger partial charge in [0.15, 0.2) is 0 Å². The fraction of sp³-hybridized carbons (Fsp3) is 0.172. The van der Waals surface area contributed by atoms with Crippen LogP contribution < -0.4 is 9.91 Å². The zero-order valence-electron chi connectivity index (χ0n) is 20.1. The Labute approximate surface area is 204 Å².